The highest BCUT2D eigenvalue weighted by molar-refractivity contribution is 7.25. The lowest BCUT2D eigenvalue weighted by molar-refractivity contribution is 0.899. The predicted molar refractivity (Wildman–Crippen MR) is 84.0 cm³/mol. The normalized spacial score (nSPS) is 11.3. The number of aromatic nitrogens is 3. The fourth-order valence-electron chi connectivity index (χ4n) is 2.27. The summed E-state index contributed by atoms with van der Waals surface area (Å²) in [5.41, 5.74) is 1.78. The topological polar surface area (TPSA) is 51.0 Å². The number of aryl methyl sites for hydroxylation is 1. The van der Waals surface area contributed by atoms with Gasteiger partial charge in [-0.15, -0.1) is 11.3 Å². The first-order valence-electron chi connectivity index (χ1n) is 6.30. The summed E-state index contributed by atoms with van der Waals surface area (Å²) in [6.07, 6.45) is 2.48. The first-order chi connectivity index (χ1) is 9.54. The van der Waals surface area contributed by atoms with Crippen molar-refractivity contribution in [3.05, 3.63) is 28.4 Å². The molecule has 0 aliphatic carbocycles. The summed E-state index contributed by atoms with van der Waals surface area (Å²) in [7, 11) is 3.96. The lowest BCUT2D eigenvalue weighted by Crippen LogP contribution is -2.22. The Labute approximate surface area is 128 Å². The molecule has 3 heterocycles. The molecule has 3 rings (SSSR count). The highest BCUT2D eigenvalue weighted by atomic mass is 32.1. The van der Waals surface area contributed by atoms with Crippen LogP contribution >= 0.6 is 11.3 Å². The molecule has 0 bridgehead atoms. The molecule has 3 aromatic heterocycles. The highest BCUT2D eigenvalue weighted by Gasteiger charge is 2.16. The minimum absolute atomic E-state index is 0.0236. The number of anilines is 1. The van der Waals surface area contributed by atoms with Crippen molar-refractivity contribution in [1.29, 1.82) is 0 Å². The second-order valence-electron chi connectivity index (χ2n) is 4.74. The Morgan fingerprint density at radius 1 is 1.45 bits per heavy atom. The van der Waals surface area contributed by atoms with Crippen LogP contribution in [0.4, 0.5) is 5.69 Å². The fraction of sp³-hybridized carbons (Fsp3) is 0.308. The second kappa shape index (κ2) is 4.85. The van der Waals surface area contributed by atoms with Crippen LogP contribution < -0.4 is 10.5 Å². The SMILES string of the molecule is CCc1nc2c(sc3nccc(N(C)C)c32)c(=O)[n]1[Al]. The van der Waals surface area contributed by atoms with Crippen LogP contribution in [0.1, 0.15) is 12.7 Å². The highest BCUT2D eigenvalue weighted by Crippen LogP contribution is 2.35. The number of fused-ring (bicyclic) bond motifs is 3. The monoisotopic (exact) mass is 300 g/mol. The molecular formula is C13H13AlN4OS. The summed E-state index contributed by atoms with van der Waals surface area (Å²) in [4.78, 5) is 24.4. The Balaban J connectivity index is 2.56. The molecule has 0 spiro atoms. The summed E-state index contributed by atoms with van der Waals surface area (Å²) in [6.45, 7) is 1.99. The van der Waals surface area contributed by atoms with Gasteiger partial charge in [-0.2, -0.15) is 0 Å². The van der Waals surface area contributed by atoms with Crippen molar-refractivity contribution in [2.45, 2.75) is 13.3 Å². The van der Waals surface area contributed by atoms with Gasteiger partial charge in [-0.05, 0) is 6.07 Å². The van der Waals surface area contributed by atoms with E-state index in [0.717, 1.165) is 27.2 Å². The molecule has 0 amide bonds. The molecule has 5 nitrogen and oxygen atoms in total. The van der Waals surface area contributed by atoms with E-state index in [1.165, 1.54) is 11.3 Å². The van der Waals surface area contributed by atoms with Gasteiger partial charge in [0.1, 0.15) is 15.0 Å². The molecule has 0 fully saturated rings. The molecule has 100 valence electrons. The lowest BCUT2D eigenvalue weighted by atomic mass is 10.2. The number of nitrogens with zero attached hydrogens (tertiary/aromatic N) is 4. The van der Waals surface area contributed by atoms with Gasteiger partial charge in [-0.3, -0.25) is 4.79 Å². The van der Waals surface area contributed by atoms with Crippen molar-refractivity contribution in [1.82, 2.24) is 13.5 Å². The third-order valence-corrected chi connectivity index (χ3v) is 4.88. The molecule has 0 N–H and O–H groups in total. The quantitative estimate of drug-likeness (QED) is 0.674. The zero-order chi connectivity index (χ0) is 14.4. The van der Waals surface area contributed by atoms with Gasteiger partial charge in [0.25, 0.3) is 0 Å². The zero-order valence-electron chi connectivity index (χ0n) is 11.5. The minimum atomic E-state index is -0.0236. The maximum absolute atomic E-state index is 12.4. The van der Waals surface area contributed by atoms with Gasteiger partial charge in [-0.25, -0.2) is 9.97 Å². The van der Waals surface area contributed by atoms with Gasteiger partial charge < -0.3 is 8.45 Å². The van der Waals surface area contributed by atoms with E-state index < -0.39 is 0 Å². The maximum Gasteiger partial charge on any atom is 0.325 e. The largest absolute Gasteiger partial charge is 0.409 e. The van der Waals surface area contributed by atoms with E-state index >= 15 is 0 Å². The Hall–Kier alpha value is -1.42. The molecular weight excluding hydrogens is 287 g/mol. The summed E-state index contributed by atoms with van der Waals surface area (Å²) >= 11 is 3.85. The van der Waals surface area contributed by atoms with E-state index in [1.54, 1.807) is 9.75 Å². The Bertz CT molecular complexity index is 868. The number of rotatable bonds is 2. The molecule has 0 aromatic carbocycles. The zero-order valence-corrected chi connectivity index (χ0v) is 13.5. The van der Waals surface area contributed by atoms with Crippen LogP contribution in [-0.2, 0) is 6.42 Å². The van der Waals surface area contributed by atoms with E-state index in [4.69, 9.17) is 0 Å². The molecule has 3 aromatic rings. The number of hydrogen-bond donors (Lipinski definition) is 0. The van der Waals surface area contributed by atoms with Crippen LogP contribution in [0.15, 0.2) is 17.1 Å². The van der Waals surface area contributed by atoms with Crippen molar-refractivity contribution in [3.63, 3.8) is 0 Å². The molecule has 20 heavy (non-hydrogen) atoms. The predicted octanol–water partition coefficient (Wildman–Crippen LogP) is 1.57. The molecule has 0 aliphatic rings. The first kappa shape index (κ1) is 13.6. The van der Waals surface area contributed by atoms with E-state index in [1.807, 2.05) is 32.0 Å². The van der Waals surface area contributed by atoms with Crippen molar-refractivity contribution in [2.75, 3.05) is 19.0 Å². The van der Waals surface area contributed by atoms with Crippen LogP contribution in [0.5, 0.6) is 0 Å². The standard InChI is InChI=1S/C13H14N4OS.Al/c1-4-8-15-10-9-7(17(2)3)5-6-14-13(9)19-11(10)12(18)16-8;/h5-6H,4H2,1-3H3,(H,15,16,18);/q;+1/p-1. The number of hydrogen-bond acceptors (Lipinski definition) is 5. The van der Waals surface area contributed by atoms with Crippen LogP contribution in [0.3, 0.4) is 0 Å². The second-order valence-corrected chi connectivity index (χ2v) is 6.26. The molecule has 2 radical (unpaired) electrons. The van der Waals surface area contributed by atoms with E-state index in [2.05, 4.69) is 26.5 Å². The van der Waals surface area contributed by atoms with Crippen molar-refractivity contribution >= 4 is 54.0 Å². The third kappa shape index (κ3) is 1.86. The van der Waals surface area contributed by atoms with Gasteiger partial charge in [-0.1, -0.05) is 6.92 Å². The van der Waals surface area contributed by atoms with Gasteiger partial charge in [0.2, 0.25) is 5.56 Å². The summed E-state index contributed by atoms with van der Waals surface area (Å²) in [5.74, 6) is 0.765. The molecule has 0 saturated carbocycles. The van der Waals surface area contributed by atoms with E-state index in [-0.39, 0.29) is 5.56 Å². The van der Waals surface area contributed by atoms with Gasteiger partial charge in [0.05, 0.1) is 16.9 Å². The van der Waals surface area contributed by atoms with Crippen LogP contribution in [-0.4, -0.2) is 44.1 Å². The lowest BCUT2D eigenvalue weighted by Gasteiger charge is -2.13. The summed E-state index contributed by atoms with van der Waals surface area (Å²) < 4.78 is 2.21. The average Bonchev–Trinajstić information content (AvgIpc) is 2.81. The fourth-order valence-corrected chi connectivity index (χ4v) is 3.78. The Morgan fingerprint density at radius 2 is 2.20 bits per heavy atom. The first-order valence-corrected chi connectivity index (χ1v) is 7.63. The number of thiophene rings is 1. The molecule has 0 atom stereocenters. The van der Waals surface area contributed by atoms with Crippen LogP contribution in [0.25, 0.3) is 20.4 Å². The third-order valence-electron chi connectivity index (χ3n) is 3.27. The molecule has 0 saturated heterocycles. The van der Waals surface area contributed by atoms with Crippen LogP contribution in [0.2, 0.25) is 0 Å². The average molecular weight is 300 g/mol. The molecule has 0 unspecified atom stereocenters. The van der Waals surface area contributed by atoms with Crippen molar-refractivity contribution in [3.8, 4) is 0 Å². The van der Waals surface area contributed by atoms with E-state index in [9.17, 15) is 4.79 Å². The minimum Gasteiger partial charge on any atom is -0.409 e. The smallest absolute Gasteiger partial charge is 0.325 e. The Morgan fingerprint density at radius 3 is 2.85 bits per heavy atom. The maximum atomic E-state index is 12.4. The van der Waals surface area contributed by atoms with Gasteiger partial charge in [0.15, 0.2) is 0 Å². The molecule has 0 aliphatic heterocycles. The summed E-state index contributed by atoms with van der Waals surface area (Å²) in [6, 6.07) is 1.95. The van der Waals surface area contributed by atoms with Gasteiger partial charge in [0, 0.05) is 26.7 Å². The van der Waals surface area contributed by atoms with Gasteiger partial charge >= 0.3 is 16.5 Å². The molecule has 7 heteroatoms. The van der Waals surface area contributed by atoms with Crippen LogP contribution in [0, 0.1) is 0 Å². The van der Waals surface area contributed by atoms with Crippen molar-refractivity contribution < 1.29 is 0 Å². The van der Waals surface area contributed by atoms with E-state index in [0.29, 0.717) is 11.1 Å². The summed E-state index contributed by atoms with van der Waals surface area (Å²) in [5, 5.41) is 0.968. The number of pyridine rings is 1. The van der Waals surface area contributed by atoms with Crippen molar-refractivity contribution in [2.24, 2.45) is 0 Å². The Kier molecular flexibility index (Phi) is 3.29.